The summed E-state index contributed by atoms with van der Waals surface area (Å²) in [4.78, 5) is 4.38. The van der Waals surface area contributed by atoms with Gasteiger partial charge in [-0.05, 0) is 29.9 Å². The molecule has 1 aliphatic heterocycles. The molecule has 0 spiro atoms. The lowest BCUT2D eigenvalue weighted by atomic mass is 10.1. The molecule has 1 heterocycles. The molecule has 0 unspecified atom stereocenters. The van der Waals surface area contributed by atoms with Gasteiger partial charge in [-0.15, -0.1) is 0 Å². The van der Waals surface area contributed by atoms with Crippen molar-refractivity contribution in [3.05, 3.63) is 35.4 Å². The van der Waals surface area contributed by atoms with E-state index in [4.69, 9.17) is 15.2 Å². The van der Waals surface area contributed by atoms with Gasteiger partial charge < -0.3 is 20.5 Å². The second-order valence-corrected chi connectivity index (χ2v) is 6.42. The first kappa shape index (κ1) is 17.8. The SMILES string of the molecule is CC(C)CNC(N)=NCc1cccc(COC2CCOCC2)c1. The Morgan fingerprint density at radius 2 is 2.09 bits per heavy atom. The maximum atomic E-state index is 5.96. The van der Waals surface area contributed by atoms with E-state index in [1.54, 1.807) is 0 Å². The molecule has 128 valence electrons. The number of nitrogens with two attached hydrogens (primary N) is 1. The van der Waals surface area contributed by atoms with Gasteiger partial charge in [-0.2, -0.15) is 0 Å². The van der Waals surface area contributed by atoms with E-state index in [1.807, 2.05) is 6.07 Å². The fourth-order valence-electron chi connectivity index (χ4n) is 2.42. The van der Waals surface area contributed by atoms with Crippen LogP contribution in [-0.4, -0.2) is 31.8 Å². The van der Waals surface area contributed by atoms with Crippen molar-refractivity contribution in [3.8, 4) is 0 Å². The predicted octanol–water partition coefficient (Wildman–Crippen LogP) is 2.44. The van der Waals surface area contributed by atoms with E-state index in [1.165, 1.54) is 5.56 Å². The van der Waals surface area contributed by atoms with Gasteiger partial charge in [-0.3, -0.25) is 0 Å². The quantitative estimate of drug-likeness (QED) is 0.598. The summed E-state index contributed by atoms with van der Waals surface area (Å²) < 4.78 is 11.3. The molecule has 0 radical (unpaired) electrons. The number of hydrogen-bond donors (Lipinski definition) is 2. The average molecular weight is 319 g/mol. The Kier molecular flexibility index (Phi) is 7.36. The van der Waals surface area contributed by atoms with Crippen molar-refractivity contribution in [1.29, 1.82) is 0 Å². The Morgan fingerprint density at radius 1 is 1.35 bits per heavy atom. The summed E-state index contributed by atoms with van der Waals surface area (Å²) in [6, 6.07) is 8.34. The molecule has 0 aliphatic carbocycles. The Bertz CT molecular complexity index is 497. The number of ether oxygens (including phenoxy) is 2. The van der Waals surface area contributed by atoms with Crippen molar-refractivity contribution in [2.24, 2.45) is 16.6 Å². The van der Waals surface area contributed by atoms with Crippen LogP contribution >= 0.6 is 0 Å². The molecule has 1 aromatic rings. The smallest absolute Gasteiger partial charge is 0.188 e. The van der Waals surface area contributed by atoms with Crippen LogP contribution < -0.4 is 11.1 Å². The van der Waals surface area contributed by atoms with Gasteiger partial charge in [0.2, 0.25) is 0 Å². The molecular weight excluding hydrogens is 290 g/mol. The van der Waals surface area contributed by atoms with E-state index >= 15 is 0 Å². The van der Waals surface area contributed by atoms with Gasteiger partial charge in [-0.25, -0.2) is 4.99 Å². The van der Waals surface area contributed by atoms with Crippen LogP contribution in [0, 0.1) is 5.92 Å². The Labute approximate surface area is 139 Å². The summed E-state index contributed by atoms with van der Waals surface area (Å²) in [7, 11) is 0. The maximum Gasteiger partial charge on any atom is 0.188 e. The first-order valence-electron chi connectivity index (χ1n) is 8.44. The number of rotatable bonds is 7. The van der Waals surface area contributed by atoms with E-state index in [0.29, 0.717) is 31.1 Å². The van der Waals surface area contributed by atoms with Crippen molar-refractivity contribution < 1.29 is 9.47 Å². The minimum Gasteiger partial charge on any atom is -0.381 e. The second-order valence-electron chi connectivity index (χ2n) is 6.42. The highest BCUT2D eigenvalue weighted by atomic mass is 16.5. The minimum absolute atomic E-state index is 0.321. The van der Waals surface area contributed by atoms with Crippen molar-refractivity contribution in [3.63, 3.8) is 0 Å². The first-order valence-corrected chi connectivity index (χ1v) is 8.44. The van der Waals surface area contributed by atoms with Crippen molar-refractivity contribution in [2.75, 3.05) is 19.8 Å². The lowest BCUT2D eigenvalue weighted by Crippen LogP contribution is -2.34. The number of nitrogens with one attached hydrogen (secondary N) is 1. The standard InChI is InChI=1S/C18H29N3O2/c1-14(2)11-20-18(19)21-12-15-4-3-5-16(10-15)13-23-17-6-8-22-9-7-17/h3-5,10,14,17H,6-9,11-13H2,1-2H3,(H3,19,20,21). The summed E-state index contributed by atoms with van der Waals surface area (Å²) in [5.74, 6) is 1.05. The zero-order valence-electron chi connectivity index (χ0n) is 14.3. The number of guanidine groups is 1. The van der Waals surface area contributed by atoms with Crippen LogP contribution in [0.15, 0.2) is 29.3 Å². The van der Waals surface area contributed by atoms with Crippen molar-refractivity contribution >= 4 is 5.96 Å². The molecule has 5 heteroatoms. The number of nitrogens with zero attached hydrogens (tertiary/aromatic N) is 1. The Hall–Kier alpha value is -1.59. The second kappa shape index (κ2) is 9.53. The van der Waals surface area contributed by atoms with Gasteiger partial charge in [0.1, 0.15) is 0 Å². The van der Waals surface area contributed by atoms with Crippen LogP contribution in [0.5, 0.6) is 0 Å². The zero-order chi connectivity index (χ0) is 16.5. The van der Waals surface area contributed by atoms with Crippen LogP contribution in [0.2, 0.25) is 0 Å². The molecule has 2 rings (SSSR count). The fraction of sp³-hybridized carbons (Fsp3) is 0.611. The molecule has 3 N–H and O–H groups in total. The number of benzene rings is 1. The largest absolute Gasteiger partial charge is 0.381 e. The third-order valence-corrected chi connectivity index (χ3v) is 3.77. The minimum atomic E-state index is 0.321. The Balaban J connectivity index is 1.80. The summed E-state index contributed by atoms with van der Waals surface area (Å²) in [5.41, 5.74) is 8.19. The van der Waals surface area contributed by atoms with Gasteiger partial charge in [0.15, 0.2) is 5.96 Å². The van der Waals surface area contributed by atoms with Gasteiger partial charge >= 0.3 is 0 Å². The topological polar surface area (TPSA) is 68.9 Å². The van der Waals surface area contributed by atoms with E-state index in [2.05, 4.69) is 42.4 Å². The monoisotopic (exact) mass is 319 g/mol. The summed E-state index contributed by atoms with van der Waals surface area (Å²) >= 11 is 0. The van der Waals surface area contributed by atoms with Gasteiger partial charge in [0, 0.05) is 19.8 Å². The average Bonchev–Trinajstić information content (AvgIpc) is 2.57. The molecule has 0 amide bonds. The van der Waals surface area contributed by atoms with E-state index < -0.39 is 0 Å². The van der Waals surface area contributed by atoms with Crippen LogP contribution in [0.25, 0.3) is 0 Å². The maximum absolute atomic E-state index is 5.96. The van der Waals surface area contributed by atoms with Gasteiger partial charge in [-0.1, -0.05) is 38.1 Å². The molecular formula is C18H29N3O2. The lowest BCUT2D eigenvalue weighted by molar-refractivity contribution is -0.0390. The molecule has 1 aliphatic rings. The van der Waals surface area contributed by atoms with Crippen LogP contribution in [-0.2, 0) is 22.6 Å². The zero-order valence-corrected chi connectivity index (χ0v) is 14.3. The molecule has 0 bridgehead atoms. The summed E-state index contributed by atoms with van der Waals surface area (Å²) in [6.07, 6.45) is 2.30. The molecule has 0 saturated carbocycles. The third kappa shape index (κ3) is 7.01. The molecule has 5 nitrogen and oxygen atoms in total. The van der Waals surface area contributed by atoms with Crippen LogP contribution in [0.1, 0.15) is 37.8 Å². The fourth-order valence-corrected chi connectivity index (χ4v) is 2.42. The van der Waals surface area contributed by atoms with Crippen LogP contribution in [0.4, 0.5) is 0 Å². The Morgan fingerprint density at radius 3 is 2.83 bits per heavy atom. The van der Waals surface area contributed by atoms with E-state index in [0.717, 1.165) is 38.2 Å². The number of aliphatic imine (C=N–C) groups is 1. The highest BCUT2D eigenvalue weighted by molar-refractivity contribution is 5.77. The highest BCUT2D eigenvalue weighted by Gasteiger charge is 2.13. The van der Waals surface area contributed by atoms with E-state index in [9.17, 15) is 0 Å². The summed E-state index contributed by atoms with van der Waals surface area (Å²) in [5, 5.41) is 3.13. The molecule has 0 atom stereocenters. The first-order chi connectivity index (χ1) is 11.1. The van der Waals surface area contributed by atoms with Crippen molar-refractivity contribution in [2.45, 2.75) is 45.9 Å². The predicted molar refractivity (Wildman–Crippen MR) is 93.2 cm³/mol. The lowest BCUT2D eigenvalue weighted by Gasteiger charge is -2.22. The highest BCUT2D eigenvalue weighted by Crippen LogP contribution is 2.14. The number of hydrogen-bond acceptors (Lipinski definition) is 3. The molecule has 0 aromatic heterocycles. The van der Waals surface area contributed by atoms with Crippen molar-refractivity contribution in [1.82, 2.24) is 5.32 Å². The normalized spacial score (nSPS) is 16.7. The molecule has 1 saturated heterocycles. The van der Waals surface area contributed by atoms with Gasteiger partial charge in [0.05, 0.1) is 19.3 Å². The van der Waals surface area contributed by atoms with Gasteiger partial charge in [0.25, 0.3) is 0 Å². The van der Waals surface area contributed by atoms with Crippen LogP contribution in [0.3, 0.4) is 0 Å². The molecule has 1 fully saturated rings. The molecule has 1 aromatic carbocycles. The third-order valence-electron chi connectivity index (χ3n) is 3.77. The summed E-state index contributed by atoms with van der Waals surface area (Å²) in [6.45, 7) is 7.97. The molecule has 23 heavy (non-hydrogen) atoms. The van der Waals surface area contributed by atoms with E-state index in [-0.39, 0.29) is 0 Å².